The number of carbonyl (C=O) groups excluding carboxylic acids is 3. The molecule has 0 aromatic heterocycles. The van der Waals surface area contributed by atoms with Crippen molar-refractivity contribution in [1.82, 2.24) is 15.1 Å². The third kappa shape index (κ3) is 5.38. The molecule has 0 radical (unpaired) electrons. The highest BCUT2D eigenvalue weighted by atomic mass is 32.2. The predicted octanol–water partition coefficient (Wildman–Crippen LogP) is 4.25. The van der Waals surface area contributed by atoms with Gasteiger partial charge in [0.2, 0.25) is 11.8 Å². The fraction of sp³-hybridized carbons (Fsp3) is 0.423. The van der Waals surface area contributed by atoms with E-state index in [1.807, 2.05) is 0 Å². The van der Waals surface area contributed by atoms with Crippen LogP contribution in [0.1, 0.15) is 52.7 Å². The maximum absolute atomic E-state index is 14.8. The zero-order valence-electron chi connectivity index (χ0n) is 19.9. The smallest absolute Gasteiger partial charge is 0.255 e. The molecular formula is C26H25F4N3O3S. The number of imide groups is 1. The minimum Gasteiger partial charge on any atom is -0.322 e. The molecule has 1 unspecified atom stereocenters. The van der Waals surface area contributed by atoms with Crippen LogP contribution in [0.15, 0.2) is 35.2 Å². The van der Waals surface area contributed by atoms with E-state index < -0.39 is 35.4 Å². The van der Waals surface area contributed by atoms with Gasteiger partial charge in [-0.05, 0) is 30.2 Å². The number of rotatable bonds is 6. The fourth-order valence-corrected chi connectivity index (χ4v) is 6.03. The van der Waals surface area contributed by atoms with E-state index in [-0.39, 0.29) is 68.4 Å². The number of nitrogens with one attached hydrogen (secondary N) is 1. The molecule has 0 bridgehead atoms. The van der Waals surface area contributed by atoms with Gasteiger partial charge >= 0.3 is 0 Å². The summed E-state index contributed by atoms with van der Waals surface area (Å²) in [5, 5.41) is 2.24. The lowest BCUT2D eigenvalue weighted by molar-refractivity contribution is -0.136. The minimum atomic E-state index is -2.66. The van der Waals surface area contributed by atoms with Crippen molar-refractivity contribution in [1.29, 1.82) is 0 Å². The second-order valence-electron chi connectivity index (χ2n) is 9.65. The van der Waals surface area contributed by atoms with Gasteiger partial charge in [0.1, 0.15) is 17.7 Å². The molecule has 6 nitrogen and oxygen atoms in total. The number of hydrogen-bond donors (Lipinski definition) is 1. The van der Waals surface area contributed by atoms with Gasteiger partial charge in [-0.1, -0.05) is 12.1 Å². The highest BCUT2D eigenvalue weighted by Crippen LogP contribution is 2.37. The minimum absolute atomic E-state index is 0.0444. The summed E-state index contributed by atoms with van der Waals surface area (Å²) in [6, 6.07) is 6.52. The monoisotopic (exact) mass is 535 g/mol. The van der Waals surface area contributed by atoms with Crippen molar-refractivity contribution in [2.75, 3.05) is 13.1 Å². The first-order valence-corrected chi connectivity index (χ1v) is 13.1. The highest BCUT2D eigenvalue weighted by Gasteiger charge is 2.40. The van der Waals surface area contributed by atoms with Crippen LogP contribution in [0.2, 0.25) is 0 Å². The number of nitrogens with zero attached hydrogens (tertiary/aromatic N) is 2. The predicted molar refractivity (Wildman–Crippen MR) is 128 cm³/mol. The number of benzene rings is 2. The molecule has 5 rings (SSSR count). The largest absolute Gasteiger partial charge is 0.322 e. The van der Waals surface area contributed by atoms with Crippen molar-refractivity contribution in [2.24, 2.45) is 0 Å². The van der Waals surface area contributed by atoms with Crippen LogP contribution in [-0.2, 0) is 28.4 Å². The standard InChI is InChI=1S/C26H25F4N3O3S/c27-19-4-3-17-18(13-33(25(17)36)21-5-6-22(34)31-24(21)35)23(19)37-14-15-1-2-16(20(28)11-15)12-32-9-7-26(29,30)8-10-32/h1-4,11,21H,5-10,12-14H2,(H,31,34,35). The van der Waals surface area contributed by atoms with Crippen molar-refractivity contribution in [3.05, 3.63) is 64.2 Å². The summed E-state index contributed by atoms with van der Waals surface area (Å²) in [7, 11) is 0. The van der Waals surface area contributed by atoms with Crippen LogP contribution in [0.25, 0.3) is 0 Å². The summed E-state index contributed by atoms with van der Waals surface area (Å²) in [5.41, 5.74) is 1.80. The maximum atomic E-state index is 14.8. The molecule has 3 aliphatic rings. The molecule has 2 aromatic rings. The molecule has 3 aliphatic heterocycles. The lowest BCUT2D eigenvalue weighted by atomic mass is 10.0. The van der Waals surface area contributed by atoms with Gasteiger partial charge in [0, 0.05) is 72.8 Å². The second-order valence-corrected chi connectivity index (χ2v) is 10.6. The lowest BCUT2D eigenvalue weighted by Gasteiger charge is -2.31. The Kier molecular flexibility index (Phi) is 7.01. The van der Waals surface area contributed by atoms with E-state index in [4.69, 9.17) is 0 Å². The maximum Gasteiger partial charge on any atom is 0.255 e. The van der Waals surface area contributed by atoms with Gasteiger partial charge in [0.25, 0.3) is 11.8 Å². The van der Waals surface area contributed by atoms with Crippen LogP contribution in [0.4, 0.5) is 17.6 Å². The average Bonchev–Trinajstić information content (AvgIpc) is 3.17. The summed E-state index contributed by atoms with van der Waals surface area (Å²) in [5.74, 6) is -4.70. The molecule has 0 saturated carbocycles. The topological polar surface area (TPSA) is 69.7 Å². The van der Waals surface area contributed by atoms with Gasteiger partial charge < -0.3 is 4.90 Å². The number of piperidine rings is 2. The van der Waals surface area contributed by atoms with Crippen molar-refractivity contribution < 1.29 is 31.9 Å². The third-order valence-electron chi connectivity index (χ3n) is 7.10. The Balaban J connectivity index is 1.26. The second kappa shape index (κ2) is 10.1. The van der Waals surface area contributed by atoms with Gasteiger partial charge in [-0.25, -0.2) is 17.6 Å². The van der Waals surface area contributed by atoms with Crippen molar-refractivity contribution >= 4 is 29.5 Å². The zero-order chi connectivity index (χ0) is 26.3. The van der Waals surface area contributed by atoms with Gasteiger partial charge in [-0.15, -0.1) is 11.8 Å². The Labute approximate surface area is 215 Å². The molecule has 2 fully saturated rings. The van der Waals surface area contributed by atoms with E-state index in [0.29, 0.717) is 22.3 Å². The number of halogens is 4. The Morgan fingerprint density at radius 3 is 2.49 bits per heavy atom. The van der Waals surface area contributed by atoms with Gasteiger partial charge in [0.05, 0.1) is 0 Å². The van der Waals surface area contributed by atoms with E-state index in [0.717, 1.165) is 11.8 Å². The number of likely N-dealkylation sites (tertiary alicyclic amines) is 1. The van der Waals surface area contributed by atoms with Crippen LogP contribution in [0, 0.1) is 11.6 Å². The fourth-order valence-electron chi connectivity index (χ4n) is 4.98. The summed E-state index contributed by atoms with van der Waals surface area (Å²) < 4.78 is 56.4. The molecule has 11 heteroatoms. The Morgan fingerprint density at radius 1 is 1.03 bits per heavy atom. The number of hydrogen-bond acceptors (Lipinski definition) is 5. The molecule has 2 aromatic carbocycles. The molecule has 1 N–H and O–H groups in total. The molecule has 0 spiro atoms. The Hall–Kier alpha value is -2.92. The average molecular weight is 536 g/mol. The number of amides is 3. The number of fused-ring (bicyclic) bond motifs is 1. The van der Waals surface area contributed by atoms with Crippen molar-refractivity contribution in [3.63, 3.8) is 0 Å². The summed E-state index contributed by atoms with van der Waals surface area (Å²) in [6.07, 6.45) is -0.140. The molecule has 2 saturated heterocycles. The first-order chi connectivity index (χ1) is 17.6. The number of thioether (sulfide) groups is 1. The molecule has 196 valence electrons. The SMILES string of the molecule is O=C1CCC(N2Cc3c(ccc(F)c3SCc3ccc(CN4CCC(F)(F)CC4)c(F)c3)C2=O)C(=O)N1. The highest BCUT2D eigenvalue weighted by molar-refractivity contribution is 7.98. The Morgan fingerprint density at radius 2 is 1.78 bits per heavy atom. The van der Waals surface area contributed by atoms with Gasteiger partial charge in [-0.3, -0.25) is 24.6 Å². The summed E-state index contributed by atoms with van der Waals surface area (Å²) >= 11 is 1.14. The van der Waals surface area contributed by atoms with E-state index in [2.05, 4.69) is 5.32 Å². The van der Waals surface area contributed by atoms with Crippen molar-refractivity contribution in [2.45, 2.75) is 61.4 Å². The number of alkyl halides is 2. The normalized spacial score (nSPS) is 21.8. The van der Waals surface area contributed by atoms with Crippen LogP contribution in [0.3, 0.4) is 0 Å². The molecule has 1 atom stereocenters. The molecule has 3 heterocycles. The van der Waals surface area contributed by atoms with Crippen LogP contribution < -0.4 is 5.32 Å². The van der Waals surface area contributed by atoms with E-state index in [1.54, 1.807) is 17.0 Å². The summed E-state index contributed by atoms with van der Waals surface area (Å²) in [6.45, 7) is 0.700. The van der Waals surface area contributed by atoms with E-state index in [1.165, 1.54) is 23.1 Å². The Bertz CT molecular complexity index is 1260. The first kappa shape index (κ1) is 25.7. The van der Waals surface area contributed by atoms with Crippen molar-refractivity contribution in [3.8, 4) is 0 Å². The van der Waals surface area contributed by atoms with Crippen LogP contribution in [-0.4, -0.2) is 52.6 Å². The summed E-state index contributed by atoms with van der Waals surface area (Å²) in [4.78, 5) is 40.2. The lowest BCUT2D eigenvalue weighted by Crippen LogP contribution is -2.52. The zero-order valence-corrected chi connectivity index (χ0v) is 20.7. The molecule has 0 aliphatic carbocycles. The first-order valence-electron chi connectivity index (χ1n) is 12.1. The third-order valence-corrected chi connectivity index (χ3v) is 8.31. The molecule has 3 amide bonds. The van der Waals surface area contributed by atoms with Gasteiger partial charge in [-0.2, -0.15) is 0 Å². The molecule has 37 heavy (non-hydrogen) atoms. The molecular weight excluding hydrogens is 510 g/mol. The quantitative estimate of drug-likeness (QED) is 0.340. The van der Waals surface area contributed by atoms with E-state index in [9.17, 15) is 31.9 Å². The van der Waals surface area contributed by atoms with Crippen LogP contribution in [0.5, 0.6) is 0 Å². The van der Waals surface area contributed by atoms with Gasteiger partial charge in [0.15, 0.2) is 0 Å². The van der Waals surface area contributed by atoms with Crippen LogP contribution >= 0.6 is 11.8 Å². The van der Waals surface area contributed by atoms with E-state index >= 15 is 0 Å². The number of carbonyl (C=O) groups is 3.